The molecule has 0 spiro atoms. The van der Waals surface area contributed by atoms with Crippen molar-refractivity contribution in [3.8, 4) is 0 Å². The molecule has 7 heteroatoms. The van der Waals surface area contributed by atoms with E-state index in [4.69, 9.17) is 5.73 Å². The van der Waals surface area contributed by atoms with E-state index in [-0.39, 0.29) is 11.0 Å². The van der Waals surface area contributed by atoms with Gasteiger partial charge in [-0.05, 0) is 37.1 Å². The largest absolute Gasteiger partial charge is 0.365 e. The highest BCUT2D eigenvalue weighted by Gasteiger charge is 2.13. The number of hydrogen-bond acceptors (Lipinski definition) is 5. The highest BCUT2D eigenvalue weighted by molar-refractivity contribution is 7.10. The van der Waals surface area contributed by atoms with Crippen LogP contribution in [0.2, 0.25) is 0 Å². The second-order valence-corrected chi connectivity index (χ2v) is 7.12. The van der Waals surface area contributed by atoms with Crippen molar-refractivity contribution in [1.82, 2.24) is 14.5 Å². The molecule has 0 radical (unpaired) electrons. The molecular weight excluding hydrogens is 348 g/mol. The Morgan fingerprint density at radius 1 is 1.31 bits per heavy atom. The summed E-state index contributed by atoms with van der Waals surface area (Å²) in [6, 6.07) is 3.44. The van der Waals surface area contributed by atoms with Crippen LogP contribution < -0.4 is 11.2 Å². The lowest BCUT2D eigenvalue weighted by atomic mass is 10.1. The minimum Gasteiger partial charge on any atom is -0.365 e. The van der Waals surface area contributed by atoms with Crippen LogP contribution in [0.5, 0.6) is 0 Å². The maximum absolute atomic E-state index is 12.4. The lowest BCUT2D eigenvalue weighted by molar-refractivity contribution is 0.0999. The van der Waals surface area contributed by atoms with Gasteiger partial charge in [0.25, 0.3) is 5.91 Å². The average molecular weight is 368 g/mol. The molecule has 0 aliphatic carbocycles. The van der Waals surface area contributed by atoms with Crippen molar-refractivity contribution >= 4 is 40.4 Å². The summed E-state index contributed by atoms with van der Waals surface area (Å²) in [5, 5.41) is 3.35. The topological polar surface area (TPSA) is 90.9 Å². The fourth-order valence-electron chi connectivity index (χ4n) is 2.59. The fraction of sp³-hybridized carbons (Fsp3) is 0.263. The van der Waals surface area contributed by atoms with Crippen LogP contribution in [0.3, 0.4) is 0 Å². The van der Waals surface area contributed by atoms with E-state index in [0.717, 1.165) is 10.7 Å². The molecule has 0 atom stereocenters. The predicted octanol–water partition coefficient (Wildman–Crippen LogP) is 3.27. The van der Waals surface area contributed by atoms with Gasteiger partial charge in [-0.1, -0.05) is 13.8 Å². The van der Waals surface area contributed by atoms with Crippen LogP contribution in [0.1, 0.15) is 53.4 Å². The zero-order valence-electron chi connectivity index (χ0n) is 14.9. The zero-order chi connectivity index (χ0) is 18.8. The molecule has 0 bridgehead atoms. The molecular formula is C19H20N4O2S. The van der Waals surface area contributed by atoms with Gasteiger partial charge >= 0.3 is 0 Å². The van der Waals surface area contributed by atoms with Gasteiger partial charge in [-0.2, -0.15) is 0 Å². The quantitative estimate of drug-likeness (QED) is 0.748. The van der Waals surface area contributed by atoms with Gasteiger partial charge in [0.1, 0.15) is 16.2 Å². The Morgan fingerprint density at radius 2 is 2.08 bits per heavy atom. The Labute approximate surface area is 155 Å². The van der Waals surface area contributed by atoms with Crippen molar-refractivity contribution in [2.75, 3.05) is 0 Å². The number of thiazole rings is 1. The highest BCUT2D eigenvalue weighted by Crippen LogP contribution is 2.20. The molecule has 0 saturated carbocycles. The van der Waals surface area contributed by atoms with E-state index in [1.807, 2.05) is 19.1 Å². The third kappa shape index (κ3) is 3.43. The molecule has 0 aliphatic heterocycles. The van der Waals surface area contributed by atoms with E-state index in [9.17, 15) is 9.59 Å². The first-order valence-electron chi connectivity index (χ1n) is 8.38. The third-order valence-electron chi connectivity index (χ3n) is 4.08. The number of pyridine rings is 2. The average Bonchev–Trinajstić information content (AvgIpc) is 3.09. The van der Waals surface area contributed by atoms with E-state index in [2.05, 4.69) is 29.2 Å². The van der Waals surface area contributed by atoms with Gasteiger partial charge in [0.15, 0.2) is 0 Å². The molecule has 3 aromatic heterocycles. The van der Waals surface area contributed by atoms with E-state index in [0.29, 0.717) is 29.2 Å². The van der Waals surface area contributed by atoms with E-state index < -0.39 is 5.91 Å². The van der Waals surface area contributed by atoms with Crippen LogP contribution in [-0.2, 0) is 6.54 Å². The first-order valence-corrected chi connectivity index (χ1v) is 9.26. The molecule has 134 valence electrons. The van der Waals surface area contributed by atoms with E-state index in [1.54, 1.807) is 28.0 Å². The van der Waals surface area contributed by atoms with Gasteiger partial charge in [-0.3, -0.25) is 9.59 Å². The van der Waals surface area contributed by atoms with Gasteiger partial charge in [0, 0.05) is 18.1 Å². The van der Waals surface area contributed by atoms with Crippen molar-refractivity contribution in [2.45, 2.75) is 33.2 Å². The molecule has 0 saturated heterocycles. The normalized spacial score (nSPS) is 11.7. The zero-order valence-corrected chi connectivity index (χ0v) is 15.7. The van der Waals surface area contributed by atoms with Crippen LogP contribution in [-0.4, -0.2) is 20.4 Å². The second kappa shape index (κ2) is 7.21. The summed E-state index contributed by atoms with van der Waals surface area (Å²) in [6.07, 6.45) is 5.26. The molecule has 3 rings (SSSR count). The number of carbonyl (C=O) groups excluding carboxylic acids is 1. The minimum absolute atomic E-state index is 0.0200. The van der Waals surface area contributed by atoms with Crippen molar-refractivity contribution < 1.29 is 4.79 Å². The van der Waals surface area contributed by atoms with Crippen LogP contribution in [0.25, 0.3) is 23.2 Å². The Balaban J connectivity index is 2.03. The summed E-state index contributed by atoms with van der Waals surface area (Å²) in [7, 11) is 0. The van der Waals surface area contributed by atoms with Crippen molar-refractivity contribution in [1.29, 1.82) is 0 Å². The van der Waals surface area contributed by atoms with Crippen LogP contribution in [0.4, 0.5) is 0 Å². The van der Waals surface area contributed by atoms with Gasteiger partial charge in [-0.15, -0.1) is 11.3 Å². The number of nitrogens with zero attached hydrogens (tertiary/aromatic N) is 3. The van der Waals surface area contributed by atoms with Gasteiger partial charge < -0.3 is 10.3 Å². The number of aryl methyl sites for hydroxylation is 1. The third-order valence-corrected chi connectivity index (χ3v) is 4.91. The molecule has 2 N–H and O–H groups in total. The van der Waals surface area contributed by atoms with E-state index in [1.165, 1.54) is 6.20 Å². The molecule has 3 aromatic rings. The number of aromatic nitrogens is 3. The Kier molecular flexibility index (Phi) is 4.99. The van der Waals surface area contributed by atoms with Crippen molar-refractivity contribution in [2.24, 2.45) is 5.73 Å². The maximum atomic E-state index is 12.4. The number of fused-ring (bicyclic) bond motifs is 1. The van der Waals surface area contributed by atoms with Crippen LogP contribution >= 0.6 is 11.3 Å². The van der Waals surface area contributed by atoms with Crippen LogP contribution in [0.15, 0.2) is 28.5 Å². The lowest BCUT2D eigenvalue weighted by Crippen LogP contribution is -2.24. The summed E-state index contributed by atoms with van der Waals surface area (Å²) in [5.74, 6) is -0.335. The lowest BCUT2D eigenvalue weighted by Gasteiger charge is -2.09. The smallest absolute Gasteiger partial charge is 0.254 e. The standard InChI is InChI=1S/C19H20N4O2S/c1-4-23-9-14(18(20)25)17(24)13-7-5-12(21-19(13)23)6-8-16-22-15(10-26-16)11(2)3/h5-11H,4H2,1-3H3,(H2,20,25)/b8-6+. The van der Waals surface area contributed by atoms with Gasteiger partial charge in [-0.25, -0.2) is 9.97 Å². The molecule has 0 fully saturated rings. The Morgan fingerprint density at radius 3 is 2.69 bits per heavy atom. The first kappa shape index (κ1) is 18.0. The molecule has 0 aromatic carbocycles. The summed E-state index contributed by atoms with van der Waals surface area (Å²) in [4.78, 5) is 33.0. The maximum Gasteiger partial charge on any atom is 0.254 e. The van der Waals surface area contributed by atoms with Crippen molar-refractivity contribution in [3.05, 3.63) is 55.9 Å². The number of carbonyl (C=O) groups is 1. The number of rotatable bonds is 5. The number of amides is 1. The van der Waals surface area contributed by atoms with Crippen LogP contribution in [0, 0.1) is 0 Å². The molecule has 1 amide bonds. The van der Waals surface area contributed by atoms with Gasteiger partial charge in [0.2, 0.25) is 5.43 Å². The molecule has 6 nitrogen and oxygen atoms in total. The monoisotopic (exact) mass is 368 g/mol. The summed E-state index contributed by atoms with van der Waals surface area (Å²) in [6.45, 7) is 6.71. The SMILES string of the molecule is CCn1cc(C(N)=O)c(=O)c2ccc(/C=C/c3nc(C(C)C)cs3)nc21. The van der Waals surface area contributed by atoms with Crippen molar-refractivity contribution in [3.63, 3.8) is 0 Å². The molecule has 0 aliphatic rings. The highest BCUT2D eigenvalue weighted by atomic mass is 32.1. The Hall–Kier alpha value is -2.80. The fourth-order valence-corrected chi connectivity index (χ4v) is 3.46. The summed E-state index contributed by atoms with van der Waals surface area (Å²) in [5.41, 5.74) is 7.22. The minimum atomic E-state index is -0.729. The van der Waals surface area contributed by atoms with Gasteiger partial charge in [0.05, 0.1) is 16.8 Å². The summed E-state index contributed by atoms with van der Waals surface area (Å²) >= 11 is 1.58. The number of hydrogen-bond donors (Lipinski definition) is 1. The Bertz CT molecular complexity index is 1060. The first-order chi connectivity index (χ1) is 12.4. The molecule has 0 unspecified atom stereocenters. The molecule has 26 heavy (non-hydrogen) atoms. The second-order valence-electron chi connectivity index (χ2n) is 6.23. The number of nitrogens with two attached hydrogens (primary N) is 1. The predicted molar refractivity (Wildman–Crippen MR) is 105 cm³/mol. The summed E-state index contributed by atoms with van der Waals surface area (Å²) < 4.78 is 1.76. The number of primary amides is 1. The molecule has 3 heterocycles. The van der Waals surface area contributed by atoms with E-state index >= 15 is 0 Å².